The Morgan fingerprint density at radius 3 is 0.293 bits per heavy atom. The minimum atomic E-state index is -4.50. The predicted octanol–water partition coefficient (Wildman–Crippen LogP) is 38.2. The van der Waals surface area contributed by atoms with Crippen LogP contribution in [-0.2, 0) is 50.0 Å². The molecule has 28 heteroatoms. The van der Waals surface area contributed by atoms with E-state index in [0.717, 1.165) is 149 Å². The standard InChI is InChI=1S/4C22H50FO3PS2/c4*1-7-9-11-13-15-17-19-21-28(3,4)25-27(23,24)26-29(5,6)22-20-18-16-14-12-10-8-2/h4*7-22H2,1-6H3. The monoisotopic (exact) mass is 1910 g/mol. The first-order valence-corrected chi connectivity index (χ1v) is 72.8. The number of unbranched alkanes of at least 4 members (excludes halogenated alkanes) is 48. The first-order chi connectivity index (χ1) is 54.1. The molecule has 0 aromatic carbocycles. The lowest BCUT2D eigenvalue weighted by Gasteiger charge is -2.36. The van der Waals surface area contributed by atoms with Crippen LogP contribution in [0.5, 0.6) is 0 Å². The summed E-state index contributed by atoms with van der Waals surface area (Å²) in [6.45, 7) is 17.8. The van der Waals surface area contributed by atoms with Gasteiger partial charge in [-0.1, -0.05) is 364 Å². The van der Waals surface area contributed by atoms with Crippen molar-refractivity contribution < 1.29 is 66.8 Å². The van der Waals surface area contributed by atoms with E-state index in [2.05, 4.69) is 55.4 Å². The van der Waals surface area contributed by atoms with Crippen LogP contribution in [0.15, 0.2) is 0 Å². The SMILES string of the molecule is CCCCCCCCCS(C)(C)OP(=O)(F)OS(C)(C)CCCCCCCCC.CCCCCCCCCS(C)(C)OP(=O)(F)OS(C)(C)CCCCCCCCC.CCCCCCCCCS(C)(C)OP(=O)(F)OS(C)(C)CCCCCCCCC.CCCCCCCCCS(C)(C)OP(=O)(F)OS(C)(C)CCCCCCCCC. The number of halogens is 4. The average molecular weight is 1910 g/mol. The maximum absolute atomic E-state index is 14.7. The lowest BCUT2D eigenvalue weighted by atomic mass is 10.1. The second-order valence-electron chi connectivity index (χ2n) is 36.4. The van der Waals surface area contributed by atoms with Crippen molar-refractivity contribution in [3.63, 3.8) is 0 Å². The molecule has 0 bridgehead atoms. The highest BCUT2D eigenvalue weighted by atomic mass is 32.3. The molecule has 0 atom stereocenters. The highest BCUT2D eigenvalue weighted by Gasteiger charge is 2.40. The molecule has 0 aliphatic carbocycles. The normalized spacial score (nSPS) is 14.3. The molecule has 0 heterocycles. The number of rotatable bonds is 80. The second-order valence-corrected chi connectivity index (χ2v) is 70.9. The summed E-state index contributed by atoms with van der Waals surface area (Å²) in [5, 5.41) is 0. The number of hydrogen-bond acceptors (Lipinski definition) is 12. The fourth-order valence-corrected chi connectivity index (χ4v) is 39.8. The molecule has 12 nitrogen and oxygen atoms in total. The van der Waals surface area contributed by atoms with Gasteiger partial charge in [-0.05, 0) is 197 Å². The molecule has 0 saturated heterocycles. The molecule has 116 heavy (non-hydrogen) atoms. The summed E-state index contributed by atoms with van der Waals surface area (Å²) in [5.74, 6) is 6.27. The Kier molecular flexibility index (Phi) is 80.9. The molecule has 0 aliphatic rings. The third kappa shape index (κ3) is 91.9. The molecule has 0 fully saturated rings. The van der Waals surface area contributed by atoms with E-state index in [0.29, 0.717) is 0 Å². The van der Waals surface area contributed by atoms with Gasteiger partial charge in [0.25, 0.3) is 0 Å². The Labute approximate surface area is 736 Å². The van der Waals surface area contributed by atoms with Gasteiger partial charge in [0.2, 0.25) is 0 Å². The van der Waals surface area contributed by atoms with Crippen molar-refractivity contribution >= 4 is 114 Å². The van der Waals surface area contributed by atoms with E-state index in [9.17, 15) is 35.0 Å². The van der Waals surface area contributed by atoms with Gasteiger partial charge >= 0.3 is 31.6 Å². The van der Waals surface area contributed by atoms with Gasteiger partial charge in [0.1, 0.15) is 0 Å². The first kappa shape index (κ1) is 125. The molecule has 720 valence electrons. The van der Waals surface area contributed by atoms with Crippen molar-refractivity contribution in [3.8, 4) is 0 Å². The van der Waals surface area contributed by atoms with E-state index in [4.69, 9.17) is 31.8 Å². The van der Waals surface area contributed by atoms with Crippen LogP contribution < -0.4 is 0 Å². The molecule has 0 unspecified atom stereocenters. The minimum Gasteiger partial charge on any atom is -0.234 e. The largest absolute Gasteiger partial charge is 0.532 e. The van der Waals surface area contributed by atoms with Gasteiger partial charge in [-0.25, -0.2) is 50.0 Å². The number of hydrogen-bond donors (Lipinski definition) is 0. The van der Waals surface area contributed by atoms with Crippen molar-refractivity contribution in [1.82, 2.24) is 0 Å². The quantitative estimate of drug-likeness (QED) is 0.0325. The zero-order valence-corrected chi connectivity index (χ0v) is 90.8. The lowest BCUT2D eigenvalue weighted by Crippen LogP contribution is -2.08. The van der Waals surface area contributed by atoms with Gasteiger partial charge in [0.15, 0.2) is 0 Å². The van der Waals surface area contributed by atoms with Crippen LogP contribution in [0.4, 0.5) is 16.8 Å². The Morgan fingerprint density at radius 2 is 0.216 bits per heavy atom. The smallest absolute Gasteiger partial charge is 0.234 e. The van der Waals surface area contributed by atoms with Crippen LogP contribution in [0.25, 0.3) is 0 Å². The third-order valence-corrected chi connectivity index (χ3v) is 49.0. The predicted molar refractivity (Wildman–Crippen MR) is 542 cm³/mol. The molecule has 0 aromatic heterocycles. The summed E-state index contributed by atoms with van der Waals surface area (Å²) in [4.78, 5) is 0. The maximum Gasteiger partial charge on any atom is 0.532 e. The second kappa shape index (κ2) is 74.9. The molecule has 0 N–H and O–H groups in total. The first-order valence-electron chi connectivity index (χ1n) is 46.7. The van der Waals surface area contributed by atoms with Crippen LogP contribution in [0.3, 0.4) is 0 Å². The minimum absolute atomic E-state index is 0.783. The van der Waals surface area contributed by atoms with Crippen molar-refractivity contribution in [3.05, 3.63) is 0 Å². The van der Waals surface area contributed by atoms with Crippen LogP contribution in [0, 0.1) is 0 Å². The zero-order valence-electron chi connectivity index (χ0n) is 80.7. The van der Waals surface area contributed by atoms with Crippen LogP contribution in [0.1, 0.15) is 415 Å². The summed E-state index contributed by atoms with van der Waals surface area (Å²) >= 11 is 0. The zero-order chi connectivity index (χ0) is 88.9. The summed E-state index contributed by atoms with van der Waals surface area (Å²) in [6, 6.07) is 0. The molecule has 0 amide bonds. The van der Waals surface area contributed by atoms with E-state index in [1.807, 2.05) is 100 Å². The van der Waals surface area contributed by atoms with Crippen molar-refractivity contribution in [2.24, 2.45) is 0 Å². The highest BCUT2D eigenvalue weighted by Crippen LogP contribution is 2.73. The third-order valence-electron chi connectivity index (χ3n) is 20.2. The van der Waals surface area contributed by atoms with Gasteiger partial charge in [0.05, 0.1) is 0 Å². The van der Waals surface area contributed by atoms with Gasteiger partial charge in [0, 0.05) is 0 Å². The lowest BCUT2D eigenvalue weighted by molar-refractivity contribution is 0.365. The molecular weight excluding hydrogens is 1710 g/mol. The summed E-state index contributed by atoms with van der Waals surface area (Å²) in [5.41, 5.74) is 0. The van der Waals surface area contributed by atoms with Crippen molar-refractivity contribution in [2.75, 3.05) is 146 Å². The van der Waals surface area contributed by atoms with E-state index in [1.54, 1.807) is 0 Å². The molecule has 0 saturated carbocycles. The molecule has 0 rings (SSSR count). The Balaban J connectivity index is -0.000000721. The van der Waals surface area contributed by atoms with Crippen LogP contribution >= 0.6 is 114 Å². The van der Waals surface area contributed by atoms with Gasteiger partial charge in [-0.3, -0.25) is 0 Å². The fraction of sp³-hybridized carbons (Fsp3) is 1.00. The Morgan fingerprint density at radius 1 is 0.147 bits per heavy atom. The van der Waals surface area contributed by atoms with Crippen molar-refractivity contribution in [1.29, 1.82) is 0 Å². The van der Waals surface area contributed by atoms with Crippen LogP contribution in [-0.4, -0.2) is 146 Å². The highest BCUT2D eigenvalue weighted by molar-refractivity contribution is 8.34. The van der Waals surface area contributed by atoms with E-state index >= 15 is 0 Å². The molecular formula is C88H200F4O12P4S8. The Bertz CT molecular complexity index is 1970. The molecule has 0 aliphatic heterocycles. The summed E-state index contributed by atoms with van der Waals surface area (Å²) in [6.07, 6.45) is 98.3. The van der Waals surface area contributed by atoms with Crippen LogP contribution in [0.2, 0.25) is 0 Å². The van der Waals surface area contributed by atoms with Crippen molar-refractivity contribution in [2.45, 2.75) is 415 Å². The molecule has 0 spiro atoms. The van der Waals surface area contributed by atoms with Gasteiger partial charge < -0.3 is 0 Å². The topological polar surface area (TPSA) is 142 Å². The van der Waals surface area contributed by atoms with E-state index in [1.165, 1.54) is 257 Å². The fourth-order valence-electron chi connectivity index (χ4n) is 13.5. The summed E-state index contributed by atoms with van der Waals surface area (Å²) < 4.78 is 152. The summed E-state index contributed by atoms with van der Waals surface area (Å²) in [7, 11) is -31.6. The molecule has 0 aromatic rings. The van der Waals surface area contributed by atoms with Gasteiger partial charge in [-0.2, -0.15) is 0 Å². The van der Waals surface area contributed by atoms with Gasteiger partial charge in [-0.15, -0.1) is 99.3 Å². The Hall–Kier alpha value is 3.12. The van der Waals surface area contributed by atoms with E-state index < -0.39 is 114 Å². The maximum atomic E-state index is 14.7. The molecule has 0 radical (unpaired) electrons. The van der Waals surface area contributed by atoms with E-state index in [-0.39, 0.29) is 0 Å². The average Bonchev–Trinajstić information content (AvgIpc) is 0.858.